The second kappa shape index (κ2) is 8.33. The third kappa shape index (κ3) is 5.49. The van der Waals surface area contributed by atoms with Gasteiger partial charge in [-0.25, -0.2) is 4.79 Å². The van der Waals surface area contributed by atoms with Crippen LogP contribution in [0.15, 0.2) is 54.6 Å². The number of likely N-dealkylation sites (tertiary alicyclic amines) is 1. The molecule has 1 aliphatic rings. The van der Waals surface area contributed by atoms with Crippen LogP contribution in [0.25, 0.3) is 0 Å². The van der Waals surface area contributed by atoms with E-state index in [2.05, 4.69) is 10.6 Å². The van der Waals surface area contributed by atoms with E-state index in [0.717, 1.165) is 17.1 Å². The van der Waals surface area contributed by atoms with Crippen LogP contribution in [0.4, 0.5) is 21.9 Å². The Morgan fingerprint density at radius 3 is 2.21 bits per heavy atom. The molecular weight excluding hydrogens is 354 g/mol. The van der Waals surface area contributed by atoms with Crippen LogP contribution in [0.3, 0.4) is 0 Å². The number of carbonyl (C=O) groups is 2. The number of hydrogen-bond donors (Lipinski definition) is 2. The van der Waals surface area contributed by atoms with Gasteiger partial charge in [0.2, 0.25) is 5.91 Å². The predicted octanol–water partition coefficient (Wildman–Crippen LogP) is 4.63. The summed E-state index contributed by atoms with van der Waals surface area (Å²) >= 11 is 0. The average Bonchev–Trinajstić information content (AvgIpc) is 3.13. The number of benzene rings is 2. The molecule has 28 heavy (non-hydrogen) atoms. The number of carbonyl (C=O) groups excluding carboxylic acids is 2. The first-order valence-corrected chi connectivity index (χ1v) is 9.51. The molecular formula is C22H27N3O3. The molecule has 0 aliphatic carbocycles. The van der Waals surface area contributed by atoms with Crippen LogP contribution in [-0.2, 0) is 9.53 Å². The molecule has 1 unspecified atom stereocenters. The SMILES string of the molecule is CC(C)(C)OC(=O)N1CCC(C(=O)Nc2ccc(Nc3ccccc3)cc2)C1. The number of amides is 2. The second-order valence-corrected chi connectivity index (χ2v) is 7.97. The highest BCUT2D eigenvalue weighted by molar-refractivity contribution is 5.93. The topological polar surface area (TPSA) is 70.7 Å². The lowest BCUT2D eigenvalue weighted by Crippen LogP contribution is -2.36. The summed E-state index contributed by atoms with van der Waals surface area (Å²) in [7, 11) is 0. The predicted molar refractivity (Wildman–Crippen MR) is 111 cm³/mol. The highest BCUT2D eigenvalue weighted by Gasteiger charge is 2.33. The van der Waals surface area contributed by atoms with E-state index in [1.807, 2.05) is 75.4 Å². The van der Waals surface area contributed by atoms with Gasteiger partial charge in [-0.1, -0.05) is 18.2 Å². The smallest absolute Gasteiger partial charge is 0.410 e. The maximum absolute atomic E-state index is 12.5. The molecule has 1 aliphatic heterocycles. The van der Waals surface area contributed by atoms with Crippen molar-refractivity contribution in [2.75, 3.05) is 23.7 Å². The van der Waals surface area contributed by atoms with Crippen LogP contribution >= 0.6 is 0 Å². The van der Waals surface area contributed by atoms with E-state index in [9.17, 15) is 9.59 Å². The minimum atomic E-state index is -0.535. The Morgan fingerprint density at radius 2 is 1.57 bits per heavy atom. The summed E-state index contributed by atoms with van der Waals surface area (Å²) < 4.78 is 5.38. The Bertz CT molecular complexity index is 813. The molecule has 2 aromatic carbocycles. The average molecular weight is 381 g/mol. The molecule has 1 atom stereocenters. The van der Waals surface area contributed by atoms with Crippen LogP contribution in [0.5, 0.6) is 0 Å². The fourth-order valence-electron chi connectivity index (χ4n) is 3.04. The van der Waals surface area contributed by atoms with Gasteiger partial charge >= 0.3 is 6.09 Å². The first-order valence-electron chi connectivity index (χ1n) is 9.51. The van der Waals surface area contributed by atoms with E-state index in [4.69, 9.17) is 4.74 Å². The molecule has 1 saturated heterocycles. The molecule has 0 saturated carbocycles. The highest BCUT2D eigenvalue weighted by Crippen LogP contribution is 2.23. The third-order valence-electron chi connectivity index (χ3n) is 4.43. The van der Waals surface area contributed by atoms with Gasteiger partial charge in [0.15, 0.2) is 0 Å². The minimum Gasteiger partial charge on any atom is -0.444 e. The van der Waals surface area contributed by atoms with Crippen molar-refractivity contribution in [1.82, 2.24) is 4.90 Å². The van der Waals surface area contributed by atoms with Crippen molar-refractivity contribution in [3.63, 3.8) is 0 Å². The Morgan fingerprint density at radius 1 is 0.964 bits per heavy atom. The minimum absolute atomic E-state index is 0.0742. The first kappa shape index (κ1) is 19.7. The van der Waals surface area contributed by atoms with Crippen LogP contribution in [0, 0.1) is 5.92 Å². The van der Waals surface area contributed by atoms with Crippen LogP contribution in [0.2, 0.25) is 0 Å². The summed E-state index contributed by atoms with van der Waals surface area (Å²) in [5, 5.41) is 6.24. The van der Waals surface area contributed by atoms with Crippen molar-refractivity contribution in [1.29, 1.82) is 0 Å². The van der Waals surface area contributed by atoms with Crippen molar-refractivity contribution in [3.05, 3.63) is 54.6 Å². The molecule has 6 heteroatoms. The van der Waals surface area contributed by atoms with E-state index in [-0.39, 0.29) is 17.9 Å². The molecule has 1 heterocycles. The van der Waals surface area contributed by atoms with Gasteiger partial charge in [-0.15, -0.1) is 0 Å². The quantitative estimate of drug-likeness (QED) is 0.810. The summed E-state index contributed by atoms with van der Waals surface area (Å²) in [6, 6.07) is 17.5. The Kier molecular flexibility index (Phi) is 5.87. The second-order valence-electron chi connectivity index (χ2n) is 7.97. The lowest BCUT2D eigenvalue weighted by molar-refractivity contribution is -0.119. The van der Waals surface area contributed by atoms with E-state index < -0.39 is 5.60 Å². The molecule has 0 aromatic heterocycles. The van der Waals surface area contributed by atoms with Gasteiger partial charge < -0.3 is 20.3 Å². The molecule has 148 valence electrons. The molecule has 0 radical (unpaired) electrons. The zero-order chi connectivity index (χ0) is 20.1. The molecule has 2 N–H and O–H groups in total. The maximum atomic E-state index is 12.5. The number of para-hydroxylation sites is 1. The van der Waals surface area contributed by atoms with Gasteiger partial charge in [0.05, 0.1) is 5.92 Å². The maximum Gasteiger partial charge on any atom is 0.410 e. The molecule has 1 fully saturated rings. The van der Waals surface area contributed by atoms with Crippen LogP contribution in [0.1, 0.15) is 27.2 Å². The third-order valence-corrected chi connectivity index (χ3v) is 4.43. The van der Waals surface area contributed by atoms with Gasteiger partial charge in [0.25, 0.3) is 0 Å². The molecule has 3 rings (SSSR count). The summed E-state index contributed by atoms with van der Waals surface area (Å²) in [4.78, 5) is 26.3. The van der Waals surface area contributed by atoms with Gasteiger partial charge in [0.1, 0.15) is 5.60 Å². The molecule has 0 spiro atoms. The Balaban J connectivity index is 1.51. The van der Waals surface area contributed by atoms with Crippen molar-refractivity contribution in [2.45, 2.75) is 32.8 Å². The number of nitrogens with one attached hydrogen (secondary N) is 2. The zero-order valence-corrected chi connectivity index (χ0v) is 16.6. The molecule has 6 nitrogen and oxygen atoms in total. The fourth-order valence-corrected chi connectivity index (χ4v) is 3.04. The lowest BCUT2D eigenvalue weighted by Gasteiger charge is -2.24. The summed E-state index contributed by atoms with van der Waals surface area (Å²) in [5.74, 6) is -0.301. The highest BCUT2D eigenvalue weighted by atomic mass is 16.6. The normalized spacial score (nSPS) is 16.5. The number of nitrogens with zero attached hydrogens (tertiary/aromatic N) is 1. The Labute approximate surface area is 165 Å². The van der Waals surface area contributed by atoms with Gasteiger partial charge in [-0.2, -0.15) is 0 Å². The monoisotopic (exact) mass is 381 g/mol. The van der Waals surface area contributed by atoms with Crippen LogP contribution in [-0.4, -0.2) is 35.6 Å². The molecule has 2 aromatic rings. The number of anilines is 3. The fraction of sp³-hybridized carbons (Fsp3) is 0.364. The van der Waals surface area contributed by atoms with Crippen LogP contribution < -0.4 is 10.6 Å². The van der Waals surface area contributed by atoms with Crippen molar-refractivity contribution >= 4 is 29.1 Å². The van der Waals surface area contributed by atoms with Crippen molar-refractivity contribution in [2.24, 2.45) is 5.92 Å². The number of rotatable bonds is 4. The summed E-state index contributed by atoms with van der Waals surface area (Å²) in [6.07, 6.45) is 0.276. The number of ether oxygens (including phenoxy) is 1. The van der Waals surface area contributed by atoms with Gasteiger partial charge in [-0.05, 0) is 63.6 Å². The molecule has 0 bridgehead atoms. The largest absolute Gasteiger partial charge is 0.444 e. The number of hydrogen-bond acceptors (Lipinski definition) is 4. The summed E-state index contributed by atoms with van der Waals surface area (Å²) in [5.41, 5.74) is 2.15. The Hall–Kier alpha value is -3.02. The molecule has 2 amide bonds. The standard InChI is InChI=1S/C22H27N3O3/c1-22(2,3)28-21(27)25-14-13-16(15-25)20(26)24-19-11-9-18(10-12-19)23-17-7-5-4-6-8-17/h4-12,16,23H,13-15H2,1-3H3,(H,24,26). The van der Waals surface area contributed by atoms with Crippen molar-refractivity contribution < 1.29 is 14.3 Å². The summed E-state index contributed by atoms with van der Waals surface area (Å²) in [6.45, 7) is 6.42. The van der Waals surface area contributed by atoms with Gasteiger partial charge in [0, 0.05) is 30.2 Å². The van der Waals surface area contributed by atoms with Crippen molar-refractivity contribution in [3.8, 4) is 0 Å². The van der Waals surface area contributed by atoms with E-state index >= 15 is 0 Å². The first-order chi connectivity index (χ1) is 13.3. The lowest BCUT2D eigenvalue weighted by atomic mass is 10.1. The van der Waals surface area contributed by atoms with Gasteiger partial charge in [-0.3, -0.25) is 4.79 Å². The van der Waals surface area contributed by atoms with E-state index in [1.54, 1.807) is 4.90 Å². The van der Waals surface area contributed by atoms with E-state index in [0.29, 0.717) is 19.5 Å². The van der Waals surface area contributed by atoms with E-state index in [1.165, 1.54) is 0 Å². The zero-order valence-electron chi connectivity index (χ0n) is 16.6.